The van der Waals surface area contributed by atoms with Crippen molar-refractivity contribution in [2.75, 3.05) is 23.8 Å². The van der Waals surface area contributed by atoms with Crippen LogP contribution in [-0.2, 0) is 42.0 Å². The van der Waals surface area contributed by atoms with Crippen molar-refractivity contribution in [3.63, 3.8) is 0 Å². The normalized spacial score (nSPS) is 25.2. The molecule has 4 aliphatic heterocycles. The van der Waals surface area contributed by atoms with E-state index in [-0.39, 0.29) is 29.0 Å². The van der Waals surface area contributed by atoms with E-state index in [2.05, 4.69) is 45.6 Å². The number of nitrogens with one attached hydrogen (secondary N) is 3. The first-order valence-electron chi connectivity index (χ1n) is 22.6. The van der Waals surface area contributed by atoms with Gasteiger partial charge in [-0.15, -0.1) is 0 Å². The van der Waals surface area contributed by atoms with Crippen molar-refractivity contribution in [2.24, 2.45) is 0 Å². The molecule has 11 rings (SSSR count). The third-order valence-electron chi connectivity index (χ3n) is 12.1. The van der Waals surface area contributed by atoms with Crippen LogP contribution in [0.3, 0.4) is 0 Å². The van der Waals surface area contributed by atoms with Crippen molar-refractivity contribution in [1.29, 1.82) is 0 Å². The molecule has 8 heterocycles. The molecular weight excluding hydrogens is 942 g/mol. The van der Waals surface area contributed by atoms with E-state index in [0.717, 1.165) is 0 Å². The van der Waals surface area contributed by atoms with Gasteiger partial charge in [0.2, 0.25) is 0 Å². The van der Waals surface area contributed by atoms with Crippen LogP contribution in [0.25, 0.3) is 22.3 Å². The lowest BCUT2D eigenvalue weighted by atomic mass is 10.1. The maximum atomic E-state index is 15.0. The Morgan fingerprint density at radius 3 is 1.34 bits per heavy atom. The number of imidazole rings is 2. The van der Waals surface area contributed by atoms with Crippen LogP contribution in [0.15, 0.2) is 116 Å². The Balaban J connectivity index is 0.837. The molecule has 23 nitrogen and oxygen atoms in total. The number of amides is 3. The first kappa shape index (κ1) is 46.5. The van der Waals surface area contributed by atoms with E-state index in [4.69, 9.17) is 37.5 Å². The molecule has 3 N–H and O–H groups in total. The summed E-state index contributed by atoms with van der Waals surface area (Å²) in [4.78, 5) is 66.4. The SMILES string of the molecule is CC1(C)O[C@@H]2[C@H](O1)[C@@H](COP(=O)(NC(=O)c1ccccc1)OC[C@H]1O[C@@H](n3cnc4c(NC(=O)c5ccccc5)ncnc43)[C@@H]3OC(C)(C)O[C@@H]31)O[C@H]2n1cnc2c(NC(=O)c3ccccc3)ncnc21. The Hall–Kier alpha value is -6.92. The molecule has 3 amide bonds. The molecule has 0 unspecified atom stereocenters. The fourth-order valence-electron chi connectivity index (χ4n) is 9.06. The maximum absolute atomic E-state index is 15.0. The molecule has 4 saturated heterocycles. The number of rotatable bonds is 14. The highest BCUT2D eigenvalue weighted by Crippen LogP contribution is 2.50. The quantitative estimate of drug-likeness (QED) is 0.112. The fourth-order valence-corrected chi connectivity index (χ4v) is 10.3. The highest BCUT2D eigenvalue weighted by Gasteiger charge is 2.58. The van der Waals surface area contributed by atoms with Crippen molar-refractivity contribution >= 4 is 59.4 Å². The molecule has 4 aromatic heterocycles. The van der Waals surface area contributed by atoms with Crippen LogP contribution in [-0.4, -0.2) is 118 Å². The van der Waals surface area contributed by atoms with Crippen LogP contribution in [0, 0.1) is 0 Å². The molecule has 8 atom stereocenters. The lowest BCUT2D eigenvalue weighted by Gasteiger charge is -2.27. The third kappa shape index (κ3) is 9.18. The standard InChI is InChI=1S/C47H46N11O12P/c1-46(2)67-33-29(65-44(35(33)69-46)57-24-52-31-37(48-22-50-39(31)57)54-41(59)26-14-8-5-9-15-26)20-63-71(62,56-43(61)28-18-12-7-13-19-28)64-21-30-34-36(70-47(3,4)68-34)45(66-30)58-25-53-32-38(49-23-51-40(32)58)55-42(60)27-16-10-6-11-17-27/h5-19,22-25,29-30,33-36,44-45H,20-21H2,1-4H3,(H,56,61,62)(H,48,50,54,59)(H,49,51,55,60)/t29-,30-,33-,34-,35-,36-,44-,45-/m1/s1. The predicted octanol–water partition coefficient (Wildman–Crippen LogP) is 5.58. The summed E-state index contributed by atoms with van der Waals surface area (Å²) in [5.74, 6) is -3.29. The van der Waals surface area contributed by atoms with Crippen molar-refractivity contribution in [1.82, 2.24) is 44.1 Å². The van der Waals surface area contributed by atoms with E-state index in [1.807, 2.05) is 12.1 Å². The second-order valence-corrected chi connectivity index (χ2v) is 19.6. The van der Waals surface area contributed by atoms with Gasteiger partial charge in [-0.25, -0.2) is 34.5 Å². The van der Waals surface area contributed by atoms with Crippen molar-refractivity contribution < 1.29 is 56.4 Å². The average molecular weight is 988 g/mol. The zero-order chi connectivity index (χ0) is 49.1. The molecule has 7 aromatic rings. The summed E-state index contributed by atoms with van der Waals surface area (Å²) in [5, 5.41) is 8.10. The monoisotopic (exact) mass is 987 g/mol. The topological polar surface area (TPSA) is 265 Å². The summed E-state index contributed by atoms with van der Waals surface area (Å²) in [7, 11) is -4.62. The molecule has 3 aromatic carbocycles. The Morgan fingerprint density at radius 2 is 0.930 bits per heavy atom. The van der Waals surface area contributed by atoms with Gasteiger partial charge in [0.25, 0.3) is 17.7 Å². The van der Waals surface area contributed by atoms with Crippen LogP contribution in [0.2, 0.25) is 0 Å². The molecule has 0 saturated carbocycles. The van der Waals surface area contributed by atoms with E-state index in [0.29, 0.717) is 33.5 Å². The van der Waals surface area contributed by atoms with Gasteiger partial charge in [-0.2, -0.15) is 0 Å². The largest absolute Gasteiger partial charge is 0.435 e. The van der Waals surface area contributed by atoms with Gasteiger partial charge >= 0.3 is 7.75 Å². The first-order chi connectivity index (χ1) is 34.2. The number of anilines is 2. The number of nitrogens with zero attached hydrogens (tertiary/aromatic N) is 8. The van der Waals surface area contributed by atoms with Gasteiger partial charge in [-0.05, 0) is 64.1 Å². The molecule has 4 aliphatic rings. The summed E-state index contributed by atoms with van der Waals surface area (Å²) in [6.45, 7) is 6.17. The van der Waals surface area contributed by atoms with Crippen LogP contribution >= 0.6 is 7.75 Å². The summed E-state index contributed by atoms with van der Waals surface area (Å²) in [6, 6.07) is 25.5. The van der Waals surface area contributed by atoms with E-state index in [9.17, 15) is 14.4 Å². The van der Waals surface area contributed by atoms with Gasteiger partial charge in [-0.3, -0.25) is 37.7 Å². The van der Waals surface area contributed by atoms with Crippen LogP contribution in [0.1, 0.15) is 71.2 Å². The van der Waals surface area contributed by atoms with Gasteiger partial charge in [0.15, 0.2) is 58.0 Å². The fraction of sp³-hybridized carbons (Fsp3) is 0.340. The minimum absolute atomic E-state index is 0.182. The van der Waals surface area contributed by atoms with Crippen LogP contribution in [0.5, 0.6) is 0 Å². The number of fused-ring (bicyclic) bond motifs is 4. The average Bonchev–Trinajstić information content (AvgIpc) is 4.23. The molecular formula is C47H46N11O12P. The van der Waals surface area contributed by atoms with Gasteiger partial charge < -0.3 is 39.1 Å². The third-order valence-corrected chi connectivity index (χ3v) is 13.6. The van der Waals surface area contributed by atoms with Gasteiger partial charge in [0.05, 0.1) is 25.9 Å². The first-order valence-corrected chi connectivity index (χ1v) is 24.1. The Bertz CT molecular complexity index is 3000. The number of carbonyl (C=O) groups excluding carboxylic acids is 3. The van der Waals surface area contributed by atoms with Crippen molar-refractivity contribution in [3.05, 3.63) is 133 Å². The predicted molar refractivity (Wildman–Crippen MR) is 248 cm³/mol. The highest BCUT2D eigenvalue weighted by atomic mass is 31.2. The number of hydrogen-bond acceptors (Lipinski definition) is 18. The van der Waals surface area contributed by atoms with Gasteiger partial charge in [0.1, 0.15) is 49.3 Å². The van der Waals surface area contributed by atoms with Gasteiger partial charge in [-0.1, -0.05) is 54.6 Å². The van der Waals surface area contributed by atoms with Crippen LogP contribution < -0.4 is 15.7 Å². The molecule has 71 heavy (non-hydrogen) atoms. The summed E-state index contributed by atoms with van der Waals surface area (Å²) in [5.41, 5.74) is 2.29. The summed E-state index contributed by atoms with van der Waals surface area (Å²) < 4.78 is 69.1. The molecule has 4 fully saturated rings. The molecule has 366 valence electrons. The lowest BCUT2D eigenvalue weighted by molar-refractivity contribution is -0.200. The maximum Gasteiger partial charge on any atom is 0.435 e. The number of carbonyl (C=O) groups is 3. The lowest BCUT2D eigenvalue weighted by Crippen LogP contribution is -2.35. The van der Waals surface area contributed by atoms with E-state index >= 15 is 4.57 Å². The number of ether oxygens (including phenoxy) is 6. The Morgan fingerprint density at radius 1 is 0.549 bits per heavy atom. The molecule has 0 bridgehead atoms. The smallest absolute Gasteiger partial charge is 0.347 e. The summed E-state index contributed by atoms with van der Waals surface area (Å²) >= 11 is 0. The van der Waals surface area contributed by atoms with Gasteiger partial charge in [0, 0.05) is 16.7 Å². The summed E-state index contributed by atoms with van der Waals surface area (Å²) in [6.07, 6.45) is -1.20. The Kier molecular flexibility index (Phi) is 12.0. The van der Waals surface area contributed by atoms with Crippen LogP contribution in [0.4, 0.5) is 11.6 Å². The number of benzene rings is 3. The minimum atomic E-state index is -4.62. The molecule has 0 spiro atoms. The Labute approximate surface area is 404 Å². The minimum Gasteiger partial charge on any atom is -0.347 e. The second-order valence-electron chi connectivity index (χ2n) is 17.9. The zero-order valence-electron chi connectivity index (χ0n) is 38.4. The molecule has 0 aliphatic carbocycles. The number of hydrogen-bond donors (Lipinski definition) is 3. The second kappa shape index (κ2) is 18.4. The van der Waals surface area contributed by atoms with Crippen molar-refractivity contribution in [3.8, 4) is 0 Å². The molecule has 24 heteroatoms. The zero-order valence-corrected chi connectivity index (χ0v) is 39.3. The molecule has 0 radical (unpaired) electrons. The number of aromatic nitrogens is 8. The van der Waals surface area contributed by atoms with E-state index < -0.39 is 87.5 Å². The van der Waals surface area contributed by atoms with E-state index in [1.54, 1.807) is 116 Å². The highest BCUT2D eigenvalue weighted by molar-refractivity contribution is 7.52. The van der Waals surface area contributed by atoms with Crippen molar-refractivity contribution in [2.45, 2.75) is 88.3 Å². The van der Waals surface area contributed by atoms with E-state index in [1.165, 1.54) is 25.3 Å².